The monoisotopic (exact) mass is 294 g/mol. The molecule has 2 aromatic rings. The predicted molar refractivity (Wildman–Crippen MR) is 88.6 cm³/mol. The van der Waals surface area contributed by atoms with Crippen molar-refractivity contribution in [3.63, 3.8) is 0 Å². The van der Waals surface area contributed by atoms with Crippen LogP contribution >= 0.6 is 0 Å². The van der Waals surface area contributed by atoms with Crippen molar-refractivity contribution < 1.29 is 4.79 Å². The van der Waals surface area contributed by atoms with Gasteiger partial charge in [0.05, 0.1) is 0 Å². The number of amides is 1. The van der Waals surface area contributed by atoms with E-state index in [0.717, 1.165) is 38.0 Å². The third kappa shape index (κ3) is 3.95. The van der Waals surface area contributed by atoms with Crippen LogP contribution in [0.2, 0.25) is 0 Å². The number of rotatable bonds is 4. The molecule has 0 aromatic heterocycles. The summed E-state index contributed by atoms with van der Waals surface area (Å²) in [6, 6.07) is 20.2. The van der Waals surface area contributed by atoms with Gasteiger partial charge < -0.3 is 5.32 Å². The van der Waals surface area contributed by atoms with Gasteiger partial charge in [-0.05, 0) is 37.1 Å². The van der Waals surface area contributed by atoms with E-state index < -0.39 is 0 Å². The summed E-state index contributed by atoms with van der Waals surface area (Å²) in [5, 5.41) is 3.17. The van der Waals surface area contributed by atoms with Crippen LogP contribution < -0.4 is 5.32 Å². The van der Waals surface area contributed by atoms with Crippen molar-refractivity contribution in [2.24, 2.45) is 0 Å². The standard InChI is InChI=1S/C19H22N2O/c22-19(17-10-5-2-6-11-17)20-18-12-7-13-21(15-18)14-16-8-3-1-4-9-16/h1-6,8-11,18H,7,12-15H2,(H,20,22)/t18-/m1/s1. The first-order chi connectivity index (χ1) is 10.8. The lowest BCUT2D eigenvalue weighted by Crippen LogP contribution is -2.47. The Hall–Kier alpha value is -2.13. The van der Waals surface area contributed by atoms with Gasteiger partial charge in [-0.15, -0.1) is 0 Å². The number of piperidine rings is 1. The van der Waals surface area contributed by atoms with E-state index in [2.05, 4.69) is 34.5 Å². The summed E-state index contributed by atoms with van der Waals surface area (Å²) in [5.41, 5.74) is 2.07. The van der Waals surface area contributed by atoms with Gasteiger partial charge in [0, 0.05) is 24.7 Å². The summed E-state index contributed by atoms with van der Waals surface area (Å²) < 4.78 is 0. The molecule has 22 heavy (non-hydrogen) atoms. The van der Waals surface area contributed by atoms with E-state index in [9.17, 15) is 4.79 Å². The molecule has 1 saturated heterocycles. The molecule has 1 aliphatic rings. The molecule has 0 radical (unpaired) electrons. The zero-order valence-electron chi connectivity index (χ0n) is 12.7. The molecular weight excluding hydrogens is 272 g/mol. The third-order valence-electron chi connectivity index (χ3n) is 4.13. The second-order valence-electron chi connectivity index (χ2n) is 5.90. The molecule has 3 heteroatoms. The number of hydrogen-bond acceptors (Lipinski definition) is 2. The fourth-order valence-electron chi connectivity index (χ4n) is 3.02. The minimum atomic E-state index is 0.0344. The van der Waals surface area contributed by atoms with E-state index in [-0.39, 0.29) is 11.9 Å². The molecular formula is C19H22N2O. The smallest absolute Gasteiger partial charge is 0.251 e. The Bertz CT molecular complexity index is 597. The van der Waals surface area contributed by atoms with Crippen LogP contribution in [0.15, 0.2) is 60.7 Å². The Balaban J connectivity index is 1.55. The van der Waals surface area contributed by atoms with E-state index in [0.29, 0.717) is 0 Å². The van der Waals surface area contributed by atoms with E-state index in [4.69, 9.17) is 0 Å². The van der Waals surface area contributed by atoms with Crippen molar-refractivity contribution >= 4 is 5.91 Å². The Kier molecular flexibility index (Phi) is 4.86. The van der Waals surface area contributed by atoms with Crippen molar-refractivity contribution in [3.05, 3.63) is 71.8 Å². The highest BCUT2D eigenvalue weighted by molar-refractivity contribution is 5.94. The summed E-state index contributed by atoms with van der Waals surface area (Å²) in [4.78, 5) is 14.7. The second-order valence-corrected chi connectivity index (χ2v) is 5.90. The number of carbonyl (C=O) groups excluding carboxylic acids is 1. The first-order valence-electron chi connectivity index (χ1n) is 7.93. The number of hydrogen-bond donors (Lipinski definition) is 1. The van der Waals surface area contributed by atoms with Crippen molar-refractivity contribution in [1.82, 2.24) is 10.2 Å². The minimum Gasteiger partial charge on any atom is -0.348 e. The topological polar surface area (TPSA) is 32.3 Å². The molecule has 0 aliphatic carbocycles. The molecule has 114 valence electrons. The van der Waals surface area contributed by atoms with Crippen molar-refractivity contribution in [2.75, 3.05) is 13.1 Å². The van der Waals surface area contributed by atoms with Gasteiger partial charge in [-0.2, -0.15) is 0 Å². The molecule has 0 saturated carbocycles. The number of likely N-dealkylation sites (tertiary alicyclic amines) is 1. The molecule has 3 rings (SSSR count). The summed E-state index contributed by atoms with van der Waals surface area (Å²) in [6.45, 7) is 2.98. The quantitative estimate of drug-likeness (QED) is 0.940. The summed E-state index contributed by atoms with van der Waals surface area (Å²) >= 11 is 0. The molecule has 0 unspecified atom stereocenters. The Morgan fingerprint density at radius 2 is 1.73 bits per heavy atom. The molecule has 1 atom stereocenters. The first kappa shape index (κ1) is 14.8. The van der Waals surface area contributed by atoms with Crippen LogP contribution in [-0.2, 0) is 6.54 Å². The molecule has 0 bridgehead atoms. The summed E-state index contributed by atoms with van der Waals surface area (Å²) in [6.07, 6.45) is 2.19. The van der Waals surface area contributed by atoms with Crippen molar-refractivity contribution in [3.8, 4) is 0 Å². The Morgan fingerprint density at radius 3 is 2.45 bits per heavy atom. The fraction of sp³-hybridized carbons (Fsp3) is 0.316. The van der Waals surface area contributed by atoms with Gasteiger partial charge in [0.2, 0.25) is 0 Å². The van der Waals surface area contributed by atoms with Crippen molar-refractivity contribution in [2.45, 2.75) is 25.4 Å². The predicted octanol–water partition coefficient (Wildman–Crippen LogP) is 3.08. The van der Waals surface area contributed by atoms with E-state index in [1.807, 2.05) is 36.4 Å². The average molecular weight is 294 g/mol. The maximum absolute atomic E-state index is 12.2. The highest BCUT2D eigenvalue weighted by Gasteiger charge is 2.21. The zero-order chi connectivity index (χ0) is 15.2. The molecule has 3 nitrogen and oxygen atoms in total. The molecule has 1 aliphatic heterocycles. The van der Waals surface area contributed by atoms with Gasteiger partial charge in [0.1, 0.15) is 0 Å². The lowest BCUT2D eigenvalue weighted by Gasteiger charge is -2.33. The SMILES string of the molecule is O=C(N[C@@H]1CCCN(Cc2ccccc2)C1)c1ccccc1. The molecule has 2 aromatic carbocycles. The largest absolute Gasteiger partial charge is 0.348 e. The molecule has 0 spiro atoms. The lowest BCUT2D eigenvalue weighted by atomic mass is 10.0. The lowest BCUT2D eigenvalue weighted by molar-refractivity contribution is 0.0901. The Labute approximate surface area is 132 Å². The van der Waals surface area contributed by atoms with Gasteiger partial charge in [0.25, 0.3) is 5.91 Å². The van der Waals surface area contributed by atoms with E-state index in [1.54, 1.807) is 0 Å². The van der Waals surface area contributed by atoms with Crippen LogP contribution in [0, 0.1) is 0 Å². The van der Waals surface area contributed by atoms with Crippen LogP contribution in [0.3, 0.4) is 0 Å². The van der Waals surface area contributed by atoms with E-state index >= 15 is 0 Å². The fourth-order valence-corrected chi connectivity index (χ4v) is 3.02. The maximum atomic E-state index is 12.2. The number of nitrogens with one attached hydrogen (secondary N) is 1. The van der Waals surface area contributed by atoms with Gasteiger partial charge in [0.15, 0.2) is 0 Å². The average Bonchev–Trinajstić information content (AvgIpc) is 2.57. The van der Waals surface area contributed by atoms with E-state index in [1.165, 1.54) is 5.56 Å². The summed E-state index contributed by atoms with van der Waals surface area (Å²) in [5.74, 6) is 0.0344. The first-order valence-corrected chi connectivity index (χ1v) is 7.93. The second kappa shape index (κ2) is 7.23. The van der Waals surface area contributed by atoms with Gasteiger partial charge >= 0.3 is 0 Å². The maximum Gasteiger partial charge on any atom is 0.251 e. The summed E-state index contributed by atoms with van der Waals surface area (Å²) in [7, 11) is 0. The highest BCUT2D eigenvalue weighted by atomic mass is 16.1. The highest BCUT2D eigenvalue weighted by Crippen LogP contribution is 2.14. The van der Waals surface area contributed by atoms with Gasteiger partial charge in [-0.1, -0.05) is 48.5 Å². The number of carbonyl (C=O) groups is 1. The van der Waals surface area contributed by atoms with Crippen molar-refractivity contribution in [1.29, 1.82) is 0 Å². The van der Waals surface area contributed by atoms with Gasteiger partial charge in [-0.25, -0.2) is 0 Å². The Morgan fingerprint density at radius 1 is 1.05 bits per heavy atom. The van der Waals surface area contributed by atoms with Crippen LogP contribution in [0.5, 0.6) is 0 Å². The number of benzene rings is 2. The van der Waals surface area contributed by atoms with Gasteiger partial charge in [-0.3, -0.25) is 9.69 Å². The number of nitrogens with zero attached hydrogens (tertiary/aromatic N) is 1. The minimum absolute atomic E-state index is 0.0344. The zero-order valence-corrected chi connectivity index (χ0v) is 12.7. The van der Waals surface area contributed by atoms with Crippen LogP contribution in [-0.4, -0.2) is 29.9 Å². The van der Waals surface area contributed by atoms with Crippen LogP contribution in [0.25, 0.3) is 0 Å². The van der Waals surface area contributed by atoms with Crippen LogP contribution in [0.4, 0.5) is 0 Å². The molecule has 1 amide bonds. The molecule has 1 heterocycles. The molecule has 1 N–H and O–H groups in total. The normalized spacial score (nSPS) is 18.8. The molecule has 1 fully saturated rings. The third-order valence-corrected chi connectivity index (χ3v) is 4.13. The van der Waals surface area contributed by atoms with Crippen LogP contribution in [0.1, 0.15) is 28.8 Å².